The van der Waals surface area contributed by atoms with Crippen LogP contribution in [0.5, 0.6) is 0 Å². The Morgan fingerprint density at radius 1 is 1.03 bits per heavy atom. The van der Waals surface area contributed by atoms with Crippen LogP contribution in [0.15, 0.2) is 73.1 Å². The molecule has 4 heterocycles. The third-order valence-electron chi connectivity index (χ3n) is 5.86. The van der Waals surface area contributed by atoms with E-state index in [1.165, 1.54) is 0 Å². The molecular formula is C28H24N6O. The van der Waals surface area contributed by atoms with Crippen molar-refractivity contribution >= 4 is 28.3 Å². The molecule has 5 rings (SSSR count). The minimum absolute atomic E-state index is 0.167. The summed E-state index contributed by atoms with van der Waals surface area (Å²) in [5, 5.41) is 6.83. The number of fused-ring (bicyclic) bond motifs is 2. The summed E-state index contributed by atoms with van der Waals surface area (Å²) in [4.78, 5) is 26.2. The Bertz CT molecular complexity index is 1630. The van der Waals surface area contributed by atoms with Gasteiger partial charge in [0.1, 0.15) is 17.2 Å². The Kier molecular flexibility index (Phi) is 5.96. The lowest BCUT2D eigenvalue weighted by atomic mass is 10.1. The van der Waals surface area contributed by atoms with Gasteiger partial charge in [0.25, 0.3) is 0 Å². The molecule has 0 bridgehead atoms. The van der Waals surface area contributed by atoms with Gasteiger partial charge in [-0.05, 0) is 75.3 Å². The highest BCUT2D eigenvalue weighted by molar-refractivity contribution is 5.94. The lowest BCUT2D eigenvalue weighted by Gasteiger charge is -2.12. The molecule has 0 aliphatic rings. The summed E-state index contributed by atoms with van der Waals surface area (Å²) < 4.78 is 2.03. The maximum atomic E-state index is 12.4. The Labute approximate surface area is 203 Å². The van der Waals surface area contributed by atoms with Crippen LogP contribution in [0.1, 0.15) is 23.9 Å². The molecule has 172 valence electrons. The summed E-state index contributed by atoms with van der Waals surface area (Å²) in [6.45, 7) is 3.76. The number of pyridine rings is 3. The molecule has 0 aliphatic carbocycles. The monoisotopic (exact) mass is 460 g/mol. The molecule has 0 saturated heterocycles. The van der Waals surface area contributed by atoms with Gasteiger partial charge in [-0.15, -0.1) is 0 Å². The molecule has 4 aromatic heterocycles. The van der Waals surface area contributed by atoms with Gasteiger partial charge in [-0.3, -0.25) is 14.2 Å². The highest BCUT2D eigenvalue weighted by Gasteiger charge is 2.17. The molecular weight excluding hydrogens is 436 g/mol. The van der Waals surface area contributed by atoms with Gasteiger partial charge >= 0.3 is 0 Å². The standard InChI is InChI=1S/C28H24N6O/c1-18-27(34-16-5-4-8-26(34)31-18)22-11-14-25(33-28(35)19(2)29-3)32-24(22)13-10-20-9-12-23-21(17-20)7-6-15-30-23/h4-9,11-12,14-17,19,29H,1-3H3,(H,32,33,35)/t19-/m0/s1. The van der Waals surface area contributed by atoms with Gasteiger partial charge in [-0.2, -0.15) is 0 Å². The van der Waals surface area contributed by atoms with Crippen LogP contribution in [0.25, 0.3) is 27.8 Å². The zero-order valence-electron chi connectivity index (χ0n) is 19.7. The number of hydrogen-bond donors (Lipinski definition) is 2. The predicted molar refractivity (Wildman–Crippen MR) is 138 cm³/mol. The number of benzene rings is 1. The molecule has 7 nitrogen and oxygen atoms in total. The van der Waals surface area contributed by atoms with Gasteiger partial charge in [-0.1, -0.05) is 18.1 Å². The van der Waals surface area contributed by atoms with E-state index in [0.29, 0.717) is 11.5 Å². The molecule has 2 N–H and O–H groups in total. The number of carbonyl (C=O) groups excluding carboxylic acids is 1. The minimum atomic E-state index is -0.349. The highest BCUT2D eigenvalue weighted by Crippen LogP contribution is 2.28. The van der Waals surface area contributed by atoms with Gasteiger partial charge in [0.05, 0.1) is 22.9 Å². The fraction of sp³-hybridized carbons (Fsp3) is 0.143. The second-order valence-electron chi connectivity index (χ2n) is 8.23. The Morgan fingerprint density at radius 3 is 2.77 bits per heavy atom. The molecule has 0 unspecified atom stereocenters. The van der Waals surface area contributed by atoms with Crippen molar-refractivity contribution in [1.29, 1.82) is 0 Å². The van der Waals surface area contributed by atoms with E-state index in [4.69, 9.17) is 9.97 Å². The molecule has 7 heteroatoms. The number of nitrogens with one attached hydrogen (secondary N) is 2. The number of nitrogens with zero attached hydrogens (tertiary/aromatic N) is 4. The van der Waals surface area contributed by atoms with Crippen molar-refractivity contribution in [3.05, 3.63) is 90.0 Å². The molecule has 5 aromatic rings. The first-order valence-corrected chi connectivity index (χ1v) is 11.3. The number of aryl methyl sites for hydroxylation is 1. The number of anilines is 1. The van der Waals surface area contributed by atoms with Crippen molar-refractivity contribution in [3.63, 3.8) is 0 Å². The molecule has 1 amide bonds. The van der Waals surface area contributed by atoms with Gasteiger partial charge in [0, 0.05) is 28.9 Å². The van der Waals surface area contributed by atoms with Gasteiger partial charge in [0.2, 0.25) is 5.91 Å². The van der Waals surface area contributed by atoms with Crippen LogP contribution in [0, 0.1) is 18.8 Å². The quantitative estimate of drug-likeness (QED) is 0.393. The van der Waals surface area contributed by atoms with Crippen LogP contribution in [-0.2, 0) is 4.79 Å². The fourth-order valence-corrected chi connectivity index (χ4v) is 3.90. The van der Waals surface area contributed by atoms with Crippen molar-refractivity contribution in [2.75, 3.05) is 12.4 Å². The average Bonchev–Trinajstić information content (AvgIpc) is 3.22. The molecule has 1 atom stereocenters. The summed E-state index contributed by atoms with van der Waals surface area (Å²) in [7, 11) is 1.74. The first-order valence-electron chi connectivity index (χ1n) is 11.3. The first-order chi connectivity index (χ1) is 17.0. The zero-order chi connectivity index (χ0) is 24.4. The number of rotatable bonds is 4. The van der Waals surface area contributed by atoms with Crippen LogP contribution < -0.4 is 10.6 Å². The number of imidazole rings is 1. The normalized spacial score (nSPS) is 11.7. The second kappa shape index (κ2) is 9.37. The number of carbonyl (C=O) groups is 1. The van der Waals surface area contributed by atoms with E-state index in [1.807, 2.05) is 72.1 Å². The van der Waals surface area contributed by atoms with E-state index in [9.17, 15) is 4.79 Å². The van der Waals surface area contributed by atoms with Gasteiger partial charge < -0.3 is 10.6 Å². The Balaban J connectivity index is 1.62. The van der Waals surface area contributed by atoms with E-state index in [1.54, 1.807) is 26.2 Å². The predicted octanol–water partition coefficient (Wildman–Crippen LogP) is 4.20. The number of likely N-dealkylation sites (N-methyl/N-ethyl adjacent to an activating group) is 1. The van der Waals surface area contributed by atoms with Crippen LogP contribution in [0.4, 0.5) is 5.82 Å². The van der Waals surface area contributed by atoms with Gasteiger partial charge in [-0.25, -0.2) is 9.97 Å². The molecule has 0 aliphatic heterocycles. The summed E-state index contributed by atoms with van der Waals surface area (Å²) >= 11 is 0. The summed E-state index contributed by atoms with van der Waals surface area (Å²) in [5.74, 6) is 6.76. The van der Waals surface area contributed by atoms with E-state index in [0.717, 1.165) is 39.1 Å². The highest BCUT2D eigenvalue weighted by atomic mass is 16.2. The third-order valence-corrected chi connectivity index (χ3v) is 5.86. The summed E-state index contributed by atoms with van der Waals surface area (Å²) in [6.07, 6.45) is 3.75. The maximum Gasteiger partial charge on any atom is 0.242 e. The lowest BCUT2D eigenvalue weighted by Crippen LogP contribution is -2.35. The van der Waals surface area contributed by atoms with Crippen molar-refractivity contribution in [2.45, 2.75) is 19.9 Å². The third kappa shape index (κ3) is 4.47. The molecule has 0 saturated carbocycles. The summed E-state index contributed by atoms with van der Waals surface area (Å²) in [5.41, 5.74) is 5.81. The fourth-order valence-electron chi connectivity index (χ4n) is 3.90. The van der Waals surface area contributed by atoms with E-state index in [2.05, 4.69) is 27.5 Å². The molecule has 1 aromatic carbocycles. The summed E-state index contributed by atoms with van der Waals surface area (Å²) in [6, 6.07) is 19.1. The van der Waals surface area contributed by atoms with E-state index in [-0.39, 0.29) is 11.9 Å². The number of aromatic nitrogens is 4. The SMILES string of the molecule is CN[C@@H](C)C(=O)Nc1ccc(-c2c(C)nc3ccccn23)c(C#Cc2ccc3ncccc3c2)n1. The van der Waals surface area contributed by atoms with Crippen LogP contribution in [0.2, 0.25) is 0 Å². The lowest BCUT2D eigenvalue weighted by molar-refractivity contribution is -0.117. The Morgan fingerprint density at radius 2 is 1.91 bits per heavy atom. The van der Waals surface area contributed by atoms with Crippen LogP contribution in [0.3, 0.4) is 0 Å². The maximum absolute atomic E-state index is 12.4. The average molecular weight is 461 g/mol. The van der Waals surface area contributed by atoms with E-state index < -0.39 is 0 Å². The van der Waals surface area contributed by atoms with Crippen LogP contribution >= 0.6 is 0 Å². The molecule has 0 spiro atoms. The van der Waals surface area contributed by atoms with Gasteiger partial charge in [0.15, 0.2) is 0 Å². The van der Waals surface area contributed by atoms with Crippen molar-refractivity contribution < 1.29 is 4.79 Å². The number of amides is 1. The smallest absolute Gasteiger partial charge is 0.242 e. The minimum Gasteiger partial charge on any atom is -0.309 e. The van der Waals surface area contributed by atoms with Crippen molar-refractivity contribution in [3.8, 4) is 23.1 Å². The molecule has 35 heavy (non-hydrogen) atoms. The second-order valence-corrected chi connectivity index (χ2v) is 8.23. The first kappa shape index (κ1) is 22.3. The Hall–Kier alpha value is -4.54. The van der Waals surface area contributed by atoms with E-state index >= 15 is 0 Å². The molecule has 0 fully saturated rings. The largest absolute Gasteiger partial charge is 0.309 e. The van der Waals surface area contributed by atoms with Crippen molar-refractivity contribution in [2.24, 2.45) is 0 Å². The number of hydrogen-bond acceptors (Lipinski definition) is 5. The van der Waals surface area contributed by atoms with Crippen molar-refractivity contribution in [1.82, 2.24) is 24.7 Å². The van der Waals surface area contributed by atoms with Crippen LogP contribution in [-0.4, -0.2) is 38.3 Å². The topological polar surface area (TPSA) is 84.2 Å². The molecule has 0 radical (unpaired) electrons. The zero-order valence-corrected chi connectivity index (χ0v) is 19.7.